The first-order valence-corrected chi connectivity index (χ1v) is 7.03. The van der Waals surface area contributed by atoms with Crippen molar-refractivity contribution in [3.8, 4) is 5.75 Å². The van der Waals surface area contributed by atoms with Crippen LogP contribution in [-0.4, -0.2) is 19.3 Å². The predicted molar refractivity (Wildman–Crippen MR) is 87.0 cm³/mol. The van der Waals surface area contributed by atoms with E-state index in [9.17, 15) is 0 Å². The summed E-state index contributed by atoms with van der Waals surface area (Å²) in [6.07, 6.45) is 1.63. The van der Waals surface area contributed by atoms with E-state index in [1.54, 1.807) is 25.1 Å². The highest BCUT2D eigenvalue weighted by Crippen LogP contribution is 2.31. The first kappa shape index (κ1) is 14.9. The van der Waals surface area contributed by atoms with Gasteiger partial charge in [0, 0.05) is 15.4 Å². The zero-order chi connectivity index (χ0) is 15.1. The van der Waals surface area contributed by atoms with E-state index in [1.807, 2.05) is 48.5 Å². The Labute approximate surface area is 127 Å². The summed E-state index contributed by atoms with van der Waals surface area (Å²) in [5.74, 6) is 0.760. The van der Waals surface area contributed by atoms with Gasteiger partial charge in [0.1, 0.15) is 5.75 Å². The van der Waals surface area contributed by atoms with E-state index < -0.39 is 0 Å². The molecule has 5 nitrogen and oxygen atoms in total. The lowest BCUT2D eigenvalue weighted by Crippen LogP contribution is -2.21. The van der Waals surface area contributed by atoms with Crippen LogP contribution in [0.15, 0.2) is 68.5 Å². The van der Waals surface area contributed by atoms with Gasteiger partial charge in [-0.3, -0.25) is 0 Å². The van der Waals surface area contributed by atoms with Crippen LogP contribution in [0, 0.1) is 0 Å². The highest BCUT2D eigenvalue weighted by molar-refractivity contribution is 7.99. The molecule has 2 rings (SSSR count). The highest BCUT2D eigenvalue weighted by Gasteiger charge is 2.03. The number of hydrogen-bond acceptors (Lipinski definition) is 4. The van der Waals surface area contributed by atoms with Crippen molar-refractivity contribution in [3.63, 3.8) is 0 Å². The lowest BCUT2D eigenvalue weighted by Gasteiger charge is -2.06. The van der Waals surface area contributed by atoms with E-state index in [4.69, 9.17) is 16.2 Å². The summed E-state index contributed by atoms with van der Waals surface area (Å²) in [6.45, 7) is 0. The number of nitrogens with two attached hydrogens (primary N) is 2. The number of rotatable bonds is 5. The molecule has 0 spiro atoms. The SMILES string of the molecule is COc1cccc(Sc2ccccc2C=NN=C(N)N)c1. The van der Waals surface area contributed by atoms with Crippen molar-refractivity contribution in [2.24, 2.45) is 21.7 Å². The molecular formula is C15H16N4OS. The average Bonchev–Trinajstić information content (AvgIpc) is 2.49. The fourth-order valence-electron chi connectivity index (χ4n) is 1.63. The van der Waals surface area contributed by atoms with Gasteiger partial charge in [0.2, 0.25) is 5.96 Å². The Morgan fingerprint density at radius 1 is 1.14 bits per heavy atom. The Hall–Kier alpha value is -2.47. The minimum Gasteiger partial charge on any atom is -0.497 e. The summed E-state index contributed by atoms with van der Waals surface area (Å²) in [5, 5.41) is 7.46. The third kappa shape index (κ3) is 4.54. The number of ether oxygens (including phenoxy) is 1. The van der Waals surface area contributed by atoms with E-state index in [-0.39, 0.29) is 5.96 Å². The standard InChI is InChI=1S/C15H16N4OS/c1-20-12-6-4-7-13(9-12)21-14-8-3-2-5-11(14)10-18-19-15(16)17/h2-10H,1H3,(H4,16,17,19). The van der Waals surface area contributed by atoms with Crippen LogP contribution in [0.25, 0.3) is 0 Å². The molecule has 0 amide bonds. The van der Waals surface area contributed by atoms with Crippen LogP contribution >= 0.6 is 11.8 Å². The second-order valence-electron chi connectivity index (χ2n) is 4.09. The number of benzene rings is 2. The van der Waals surface area contributed by atoms with E-state index in [0.717, 1.165) is 21.1 Å². The average molecular weight is 300 g/mol. The zero-order valence-electron chi connectivity index (χ0n) is 11.6. The van der Waals surface area contributed by atoms with Crippen LogP contribution in [0.2, 0.25) is 0 Å². The minimum atomic E-state index is -0.0656. The van der Waals surface area contributed by atoms with Gasteiger partial charge in [0.25, 0.3) is 0 Å². The Morgan fingerprint density at radius 2 is 1.95 bits per heavy atom. The van der Waals surface area contributed by atoms with Crippen molar-refractivity contribution < 1.29 is 4.74 Å². The number of guanidine groups is 1. The summed E-state index contributed by atoms with van der Waals surface area (Å²) in [4.78, 5) is 2.14. The Balaban J connectivity index is 2.23. The van der Waals surface area contributed by atoms with Gasteiger partial charge in [-0.05, 0) is 24.3 Å². The molecular weight excluding hydrogens is 284 g/mol. The third-order valence-corrected chi connectivity index (χ3v) is 3.64. The van der Waals surface area contributed by atoms with Crippen LogP contribution in [0.5, 0.6) is 5.75 Å². The van der Waals surface area contributed by atoms with Crippen LogP contribution in [0.3, 0.4) is 0 Å². The van der Waals surface area contributed by atoms with E-state index in [2.05, 4.69) is 10.2 Å². The molecule has 21 heavy (non-hydrogen) atoms. The van der Waals surface area contributed by atoms with Gasteiger partial charge in [-0.25, -0.2) is 0 Å². The molecule has 0 bridgehead atoms. The number of methoxy groups -OCH3 is 1. The summed E-state index contributed by atoms with van der Waals surface area (Å²) in [6, 6.07) is 15.8. The van der Waals surface area contributed by atoms with E-state index in [1.165, 1.54) is 0 Å². The Kier molecular flexibility index (Phi) is 5.22. The van der Waals surface area contributed by atoms with Crippen LogP contribution in [-0.2, 0) is 0 Å². The highest BCUT2D eigenvalue weighted by atomic mass is 32.2. The topological polar surface area (TPSA) is 86.0 Å². The van der Waals surface area contributed by atoms with E-state index in [0.29, 0.717) is 0 Å². The summed E-state index contributed by atoms with van der Waals surface area (Å²) >= 11 is 1.62. The molecule has 0 aliphatic carbocycles. The maximum absolute atomic E-state index is 5.25. The molecule has 0 aromatic heterocycles. The molecule has 2 aromatic carbocycles. The molecule has 0 atom stereocenters. The van der Waals surface area contributed by atoms with Crippen molar-refractivity contribution >= 4 is 23.9 Å². The van der Waals surface area contributed by atoms with E-state index >= 15 is 0 Å². The van der Waals surface area contributed by atoms with Gasteiger partial charge in [-0.2, -0.15) is 5.10 Å². The molecule has 0 unspecified atom stereocenters. The molecule has 4 N–H and O–H groups in total. The van der Waals surface area contributed by atoms with Gasteiger partial charge in [-0.1, -0.05) is 36.0 Å². The summed E-state index contributed by atoms with van der Waals surface area (Å²) in [5.41, 5.74) is 11.4. The first-order chi connectivity index (χ1) is 10.2. The molecule has 6 heteroatoms. The summed E-state index contributed by atoms with van der Waals surface area (Å²) in [7, 11) is 1.65. The molecule has 0 radical (unpaired) electrons. The van der Waals surface area contributed by atoms with Crippen LogP contribution < -0.4 is 16.2 Å². The van der Waals surface area contributed by atoms with Gasteiger partial charge in [-0.15, -0.1) is 5.10 Å². The number of hydrogen-bond donors (Lipinski definition) is 2. The van der Waals surface area contributed by atoms with Crippen molar-refractivity contribution in [1.29, 1.82) is 0 Å². The molecule has 0 saturated heterocycles. The predicted octanol–water partition coefficient (Wildman–Crippen LogP) is 2.45. The largest absolute Gasteiger partial charge is 0.497 e. The first-order valence-electron chi connectivity index (χ1n) is 6.22. The molecule has 0 saturated carbocycles. The van der Waals surface area contributed by atoms with Crippen LogP contribution in [0.4, 0.5) is 0 Å². The molecule has 108 valence electrons. The second kappa shape index (κ2) is 7.35. The fraction of sp³-hybridized carbons (Fsp3) is 0.0667. The Morgan fingerprint density at radius 3 is 2.71 bits per heavy atom. The number of nitrogens with zero attached hydrogens (tertiary/aromatic N) is 2. The van der Waals surface area contributed by atoms with Crippen molar-refractivity contribution in [2.75, 3.05) is 7.11 Å². The lowest BCUT2D eigenvalue weighted by atomic mass is 10.2. The molecule has 2 aromatic rings. The maximum atomic E-state index is 5.25. The molecule has 0 aliphatic rings. The smallest absolute Gasteiger partial charge is 0.211 e. The van der Waals surface area contributed by atoms with Crippen molar-refractivity contribution in [3.05, 3.63) is 54.1 Å². The zero-order valence-corrected chi connectivity index (χ0v) is 12.4. The fourth-order valence-corrected chi connectivity index (χ4v) is 2.59. The lowest BCUT2D eigenvalue weighted by molar-refractivity contribution is 0.413. The monoisotopic (exact) mass is 300 g/mol. The van der Waals surface area contributed by atoms with Crippen molar-refractivity contribution in [1.82, 2.24) is 0 Å². The molecule has 0 aliphatic heterocycles. The third-order valence-electron chi connectivity index (χ3n) is 2.56. The van der Waals surface area contributed by atoms with Gasteiger partial charge in [0.05, 0.1) is 13.3 Å². The second-order valence-corrected chi connectivity index (χ2v) is 5.20. The van der Waals surface area contributed by atoms with Gasteiger partial charge < -0.3 is 16.2 Å². The minimum absolute atomic E-state index is 0.0656. The van der Waals surface area contributed by atoms with Gasteiger partial charge >= 0.3 is 0 Å². The maximum Gasteiger partial charge on any atom is 0.211 e. The van der Waals surface area contributed by atoms with Crippen molar-refractivity contribution in [2.45, 2.75) is 9.79 Å². The van der Waals surface area contributed by atoms with Gasteiger partial charge in [0.15, 0.2) is 0 Å². The van der Waals surface area contributed by atoms with Crippen LogP contribution in [0.1, 0.15) is 5.56 Å². The molecule has 0 heterocycles. The molecule has 0 fully saturated rings. The quantitative estimate of drug-likeness (QED) is 0.504. The Bertz CT molecular complexity index is 666. The summed E-state index contributed by atoms with van der Waals surface area (Å²) < 4.78 is 5.23. The normalized spacial score (nSPS) is 10.5.